The molecule has 258 valence electrons. The lowest BCUT2D eigenvalue weighted by atomic mass is 9.68. The first-order valence-corrected chi connectivity index (χ1v) is 19.4. The maximum atomic E-state index is 14.6. The smallest absolute Gasteiger partial charge is 0.282 e. The topological polar surface area (TPSA) is 118 Å². The average molecular weight is 679 g/mol. The van der Waals surface area contributed by atoms with E-state index in [1.165, 1.54) is 37.6 Å². The number of aromatic nitrogens is 5. The Kier molecular flexibility index (Phi) is 9.14. The number of anilines is 1. The highest BCUT2D eigenvalue weighted by Crippen LogP contribution is 2.49. The van der Waals surface area contributed by atoms with E-state index in [9.17, 15) is 12.8 Å². The minimum absolute atomic E-state index is 0.197. The van der Waals surface area contributed by atoms with Gasteiger partial charge in [0.05, 0.1) is 11.4 Å². The van der Waals surface area contributed by atoms with Crippen molar-refractivity contribution in [1.82, 2.24) is 34.9 Å². The van der Waals surface area contributed by atoms with Crippen molar-refractivity contribution in [3.05, 3.63) is 48.6 Å². The summed E-state index contributed by atoms with van der Waals surface area (Å²) in [5.74, 6) is 2.92. The second kappa shape index (κ2) is 13.2. The van der Waals surface area contributed by atoms with Gasteiger partial charge in [-0.1, -0.05) is 13.8 Å². The summed E-state index contributed by atoms with van der Waals surface area (Å²) in [5, 5.41) is 8.40. The fraction of sp³-hybridized carbons (Fsp3) is 0.629. The molecule has 3 aromatic rings. The third kappa shape index (κ3) is 7.04. The molecule has 2 saturated carbocycles. The van der Waals surface area contributed by atoms with Crippen molar-refractivity contribution in [3.63, 3.8) is 0 Å². The molecule has 0 amide bonds. The highest BCUT2D eigenvalue weighted by atomic mass is 32.2. The predicted octanol–water partition coefficient (Wildman–Crippen LogP) is 4.82. The van der Waals surface area contributed by atoms with E-state index in [4.69, 9.17) is 4.74 Å². The van der Waals surface area contributed by atoms with Gasteiger partial charge in [0.2, 0.25) is 0 Å². The van der Waals surface area contributed by atoms with Gasteiger partial charge in [-0.3, -0.25) is 4.90 Å². The minimum Gasteiger partial charge on any atom is -0.434 e. The van der Waals surface area contributed by atoms with Gasteiger partial charge in [-0.2, -0.15) is 0 Å². The molecule has 2 saturated heterocycles. The number of nitrogens with zero attached hydrogens (tertiary/aromatic N) is 8. The monoisotopic (exact) mass is 678 g/mol. The highest BCUT2D eigenvalue weighted by molar-refractivity contribution is 7.90. The van der Waals surface area contributed by atoms with Gasteiger partial charge in [0.15, 0.2) is 5.82 Å². The van der Waals surface area contributed by atoms with Crippen molar-refractivity contribution in [2.24, 2.45) is 17.3 Å². The lowest BCUT2D eigenvalue weighted by molar-refractivity contribution is -0.0779. The molecule has 7 rings (SSSR count). The van der Waals surface area contributed by atoms with E-state index in [1.807, 2.05) is 0 Å². The van der Waals surface area contributed by atoms with E-state index in [0.717, 1.165) is 63.2 Å². The first kappa shape index (κ1) is 33.2. The highest BCUT2D eigenvalue weighted by Gasteiger charge is 2.53. The van der Waals surface area contributed by atoms with Crippen molar-refractivity contribution in [2.75, 3.05) is 56.7 Å². The summed E-state index contributed by atoms with van der Waals surface area (Å²) in [6.07, 6.45) is 12.3. The molecule has 2 aromatic heterocycles. The van der Waals surface area contributed by atoms with E-state index in [-0.39, 0.29) is 17.0 Å². The van der Waals surface area contributed by atoms with Crippen LogP contribution in [0.5, 0.6) is 11.6 Å². The number of rotatable bonds is 13. The SMILES string of the molecule is CC(C)[C@H](C1CC(N(C)CCCS(C)(=O)=O)C1)N1CC2(CCN(c3ncnnc3Oc3ccc(F)cc3-c3cncnc3C3CC3)C2)C1. The number of halogens is 1. The van der Waals surface area contributed by atoms with Gasteiger partial charge in [0.25, 0.3) is 5.88 Å². The molecular formula is C35H47FN8O3S. The van der Waals surface area contributed by atoms with Crippen LogP contribution in [0, 0.1) is 23.1 Å². The Morgan fingerprint density at radius 2 is 1.90 bits per heavy atom. The minimum atomic E-state index is -2.91. The van der Waals surface area contributed by atoms with Gasteiger partial charge in [-0.05, 0) is 82.2 Å². The Bertz CT molecular complexity index is 1730. The van der Waals surface area contributed by atoms with Crippen molar-refractivity contribution in [1.29, 1.82) is 0 Å². The van der Waals surface area contributed by atoms with Gasteiger partial charge in [0, 0.05) is 73.2 Å². The number of hydrogen-bond donors (Lipinski definition) is 0. The maximum Gasteiger partial charge on any atom is 0.282 e. The van der Waals surface area contributed by atoms with E-state index in [0.29, 0.717) is 59.3 Å². The Balaban J connectivity index is 0.996. The zero-order valence-corrected chi connectivity index (χ0v) is 29.2. The van der Waals surface area contributed by atoms with E-state index >= 15 is 0 Å². The van der Waals surface area contributed by atoms with Crippen LogP contribution in [0.4, 0.5) is 10.2 Å². The molecule has 1 spiro atoms. The van der Waals surface area contributed by atoms with Crippen LogP contribution in [-0.2, 0) is 9.84 Å². The molecule has 0 N–H and O–H groups in total. The van der Waals surface area contributed by atoms with Crippen molar-refractivity contribution >= 4 is 15.7 Å². The summed E-state index contributed by atoms with van der Waals surface area (Å²) in [4.78, 5) is 20.7. The fourth-order valence-corrected chi connectivity index (χ4v) is 9.02. The number of hydrogen-bond acceptors (Lipinski definition) is 11. The first-order chi connectivity index (χ1) is 23.0. The molecule has 4 heterocycles. The molecule has 13 heteroatoms. The van der Waals surface area contributed by atoms with Gasteiger partial charge < -0.3 is 14.5 Å². The van der Waals surface area contributed by atoms with E-state index < -0.39 is 9.84 Å². The molecule has 0 bridgehead atoms. The summed E-state index contributed by atoms with van der Waals surface area (Å²) < 4.78 is 44.0. The van der Waals surface area contributed by atoms with E-state index in [1.54, 1.807) is 18.6 Å². The third-order valence-electron chi connectivity index (χ3n) is 10.9. The Morgan fingerprint density at radius 3 is 2.62 bits per heavy atom. The number of ether oxygens (including phenoxy) is 1. The molecule has 4 fully saturated rings. The van der Waals surface area contributed by atoms with Crippen LogP contribution in [-0.4, -0.2) is 107 Å². The normalized spacial score (nSPS) is 23.0. The summed E-state index contributed by atoms with van der Waals surface area (Å²) in [6, 6.07) is 5.58. The van der Waals surface area contributed by atoms with Crippen LogP contribution in [0.3, 0.4) is 0 Å². The summed E-state index contributed by atoms with van der Waals surface area (Å²) >= 11 is 0. The Morgan fingerprint density at radius 1 is 1.10 bits per heavy atom. The van der Waals surface area contributed by atoms with Crippen molar-refractivity contribution in [3.8, 4) is 22.8 Å². The molecule has 0 unspecified atom stereocenters. The van der Waals surface area contributed by atoms with Crippen LogP contribution >= 0.6 is 0 Å². The Hall–Kier alpha value is -3.29. The quantitative estimate of drug-likeness (QED) is 0.248. The molecule has 48 heavy (non-hydrogen) atoms. The number of benzene rings is 1. The summed E-state index contributed by atoms with van der Waals surface area (Å²) in [6.45, 7) is 9.36. The number of likely N-dealkylation sites (tertiary alicyclic amines) is 1. The van der Waals surface area contributed by atoms with Crippen molar-refractivity contribution < 1.29 is 17.5 Å². The summed E-state index contributed by atoms with van der Waals surface area (Å²) in [7, 11) is -0.777. The van der Waals surface area contributed by atoms with Crippen LogP contribution in [0.15, 0.2) is 37.1 Å². The Labute approximate surface area is 283 Å². The van der Waals surface area contributed by atoms with Crippen molar-refractivity contribution in [2.45, 2.75) is 70.4 Å². The lowest BCUT2D eigenvalue weighted by Gasteiger charge is -2.57. The van der Waals surface area contributed by atoms with Crippen LogP contribution in [0.25, 0.3) is 11.1 Å². The predicted molar refractivity (Wildman–Crippen MR) is 182 cm³/mol. The molecular weight excluding hydrogens is 632 g/mol. The first-order valence-electron chi connectivity index (χ1n) is 17.3. The molecule has 2 aliphatic carbocycles. The van der Waals surface area contributed by atoms with Crippen LogP contribution in [0.1, 0.15) is 64.0 Å². The molecule has 11 nitrogen and oxygen atoms in total. The van der Waals surface area contributed by atoms with Gasteiger partial charge in [-0.15, -0.1) is 10.2 Å². The zero-order valence-electron chi connectivity index (χ0n) is 28.4. The fourth-order valence-electron chi connectivity index (χ4n) is 8.37. The van der Waals surface area contributed by atoms with E-state index in [2.05, 4.69) is 60.7 Å². The van der Waals surface area contributed by atoms with Gasteiger partial charge in [0.1, 0.15) is 34.1 Å². The second-order valence-electron chi connectivity index (χ2n) is 15.1. The lowest BCUT2D eigenvalue weighted by Crippen LogP contribution is -2.65. The second-order valence-corrected chi connectivity index (χ2v) is 17.3. The van der Waals surface area contributed by atoms with Gasteiger partial charge >= 0.3 is 0 Å². The standard InChI is InChI=1S/C35H47FN8O3S/c1-23(2)32(25-14-27(15-25)42(3)11-5-13-48(4,45)46)44-19-35(20-44)10-12-43(18-35)33-34(41-40-22-39-33)47-30-9-8-26(36)16-28(30)29-17-37-21-38-31(29)24-6-7-24/h8-9,16-17,21-25,27,32H,5-7,10-15,18-20H2,1-4H3/t25?,27?,32-/m1/s1. The number of sulfone groups is 1. The average Bonchev–Trinajstić information content (AvgIpc) is 3.76. The van der Waals surface area contributed by atoms with Crippen LogP contribution in [0.2, 0.25) is 0 Å². The van der Waals surface area contributed by atoms with Crippen LogP contribution < -0.4 is 9.64 Å². The van der Waals surface area contributed by atoms with Gasteiger partial charge in [-0.25, -0.2) is 27.8 Å². The molecule has 1 aromatic carbocycles. The molecule has 0 radical (unpaired) electrons. The third-order valence-corrected chi connectivity index (χ3v) is 11.9. The summed E-state index contributed by atoms with van der Waals surface area (Å²) in [5.41, 5.74) is 2.49. The largest absolute Gasteiger partial charge is 0.434 e. The zero-order chi connectivity index (χ0) is 33.6. The molecule has 1 atom stereocenters. The molecule has 4 aliphatic rings. The molecule has 2 aliphatic heterocycles. The maximum absolute atomic E-state index is 14.6.